The van der Waals surface area contributed by atoms with Crippen LogP contribution >= 0.6 is 0 Å². The molecule has 0 aromatic rings. The topological polar surface area (TPSA) is 231 Å². The Morgan fingerprint density at radius 2 is 0.903 bits per heavy atom. The Balaban J connectivity index is 1.84. The van der Waals surface area contributed by atoms with E-state index in [1.807, 2.05) is 12.2 Å². The fraction of sp³-hybridized carbons (Fsp3) is 0.684. The van der Waals surface area contributed by atoms with Gasteiger partial charge in [0.25, 0.3) is 0 Å². The number of aliphatic hydroxyl groups is 7. The second-order valence-corrected chi connectivity index (χ2v) is 18.3. The summed E-state index contributed by atoms with van der Waals surface area (Å²) in [4.78, 5) is 25.8. The fourth-order valence-electron chi connectivity index (χ4n) is 7.68. The molecule has 410 valence electrons. The lowest BCUT2D eigenvalue weighted by atomic mass is 9.98. The summed E-state index contributed by atoms with van der Waals surface area (Å²) in [6.45, 7) is 2.35. The molecule has 72 heavy (non-hydrogen) atoms. The van der Waals surface area contributed by atoms with E-state index < -0.39 is 99.3 Å². The molecule has 2 heterocycles. The molecule has 2 aliphatic heterocycles. The van der Waals surface area contributed by atoms with E-state index in [0.717, 1.165) is 83.5 Å². The summed E-state index contributed by atoms with van der Waals surface area (Å²) < 4.78 is 33.5. The smallest absolute Gasteiger partial charge is 0.306 e. The van der Waals surface area contributed by atoms with Crippen molar-refractivity contribution >= 4 is 11.9 Å². The Morgan fingerprint density at radius 1 is 0.458 bits per heavy atom. The zero-order chi connectivity index (χ0) is 52.4. The lowest BCUT2D eigenvalue weighted by Gasteiger charge is -2.42. The second kappa shape index (κ2) is 42.7. The number of carbonyl (C=O) groups excluding carboxylic acids is 2. The third kappa shape index (κ3) is 30.0. The number of carbonyl (C=O) groups is 2. The van der Waals surface area contributed by atoms with Crippen molar-refractivity contribution in [2.24, 2.45) is 0 Å². The van der Waals surface area contributed by atoms with Gasteiger partial charge in [-0.15, -0.1) is 0 Å². The largest absolute Gasteiger partial charge is 0.462 e. The number of aliphatic hydroxyl groups excluding tert-OH is 7. The van der Waals surface area contributed by atoms with Gasteiger partial charge in [0.1, 0.15) is 55.4 Å². The summed E-state index contributed by atoms with van der Waals surface area (Å²) in [6, 6.07) is 0. The van der Waals surface area contributed by atoms with Crippen molar-refractivity contribution < 1.29 is 73.8 Å². The number of hydrogen-bond acceptors (Lipinski definition) is 15. The maximum absolute atomic E-state index is 13.0. The van der Waals surface area contributed by atoms with E-state index in [9.17, 15) is 45.3 Å². The van der Waals surface area contributed by atoms with Crippen LogP contribution < -0.4 is 0 Å². The van der Waals surface area contributed by atoms with Gasteiger partial charge in [-0.3, -0.25) is 9.59 Å². The third-order valence-electron chi connectivity index (χ3n) is 12.1. The quantitative estimate of drug-likeness (QED) is 0.0174. The van der Waals surface area contributed by atoms with Gasteiger partial charge in [0, 0.05) is 12.8 Å². The van der Waals surface area contributed by atoms with E-state index in [0.29, 0.717) is 19.3 Å². The normalized spacial score (nSPS) is 25.8. The molecule has 15 heteroatoms. The predicted octanol–water partition coefficient (Wildman–Crippen LogP) is 8.15. The van der Waals surface area contributed by atoms with E-state index in [2.05, 4.69) is 98.9 Å². The van der Waals surface area contributed by atoms with Crippen LogP contribution in [0.3, 0.4) is 0 Å². The van der Waals surface area contributed by atoms with Crippen molar-refractivity contribution in [1.82, 2.24) is 0 Å². The minimum Gasteiger partial charge on any atom is -0.462 e. The summed E-state index contributed by atoms with van der Waals surface area (Å²) in [7, 11) is 0. The number of hydrogen-bond donors (Lipinski definition) is 7. The molecule has 11 atom stereocenters. The van der Waals surface area contributed by atoms with Crippen LogP contribution in [0, 0.1) is 0 Å². The summed E-state index contributed by atoms with van der Waals surface area (Å²) in [5.74, 6) is -1.04. The van der Waals surface area contributed by atoms with Gasteiger partial charge in [-0.05, 0) is 83.5 Å². The number of unbranched alkanes of at least 4 members (excludes halogenated alkanes) is 10. The SMILES string of the molecule is CC/C=C/C/C=C/C/C=C/C/C=C/C/C=C/C/C=C/CCC(=O)O[C@H](COC(=O)CCCCCCCCC/C=C/C/C=C/CCCCC)CO[C@H]1O[C@@H](CO[C@H]2O[C@@H](CO)[C@@H](O)C(O)C2O)[C@@H](O)C(O)C1O. The predicted molar refractivity (Wildman–Crippen MR) is 279 cm³/mol. The molecule has 0 amide bonds. The highest BCUT2D eigenvalue weighted by Crippen LogP contribution is 2.26. The highest BCUT2D eigenvalue weighted by molar-refractivity contribution is 5.70. The van der Waals surface area contributed by atoms with Gasteiger partial charge in [-0.1, -0.05) is 156 Å². The first-order valence-electron chi connectivity index (χ1n) is 26.8. The number of esters is 2. The Morgan fingerprint density at radius 3 is 1.43 bits per heavy atom. The minimum atomic E-state index is -1.79. The molecule has 0 radical (unpaired) electrons. The second-order valence-electron chi connectivity index (χ2n) is 18.3. The van der Waals surface area contributed by atoms with Crippen molar-refractivity contribution in [2.75, 3.05) is 26.4 Å². The van der Waals surface area contributed by atoms with Crippen molar-refractivity contribution in [3.63, 3.8) is 0 Å². The highest BCUT2D eigenvalue weighted by Gasteiger charge is 2.47. The van der Waals surface area contributed by atoms with Gasteiger partial charge >= 0.3 is 11.9 Å². The van der Waals surface area contributed by atoms with Crippen LogP contribution in [-0.2, 0) is 38.0 Å². The van der Waals surface area contributed by atoms with Crippen LogP contribution in [0.4, 0.5) is 0 Å². The highest BCUT2D eigenvalue weighted by atomic mass is 16.7. The summed E-state index contributed by atoms with van der Waals surface area (Å²) in [5.41, 5.74) is 0. The van der Waals surface area contributed by atoms with E-state index in [-0.39, 0.29) is 19.4 Å². The van der Waals surface area contributed by atoms with Gasteiger partial charge in [-0.2, -0.15) is 0 Å². The lowest BCUT2D eigenvalue weighted by Crippen LogP contribution is -2.61. The Labute approximate surface area is 430 Å². The Kier molecular flexibility index (Phi) is 38.3. The third-order valence-corrected chi connectivity index (χ3v) is 12.1. The average molecular weight is 1020 g/mol. The van der Waals surface area contributed by atoms with Crippen molar-refractivity contribution in [2.45, 2.75) is 223 Å². The first kappa shape index (κ1) is 64.5. The first-order chi connectivity index (χ1) is 35.0. The van der Waals surface area contributed by atoms with Crippen LogP contribution in [0.15, 0.2) is 97.2 Å². The van der Waals surface area contributed by atoms with Crippen molar-refractivity contribution in [1.29, 1.82) is 0 Å². The van der Waals surface area contributed by atoms with E-state index in [1.54, 1.807) is 0 Å². The van der Waals surface area contributed by atoms with Gasteiger partial charge in [0.15, 0.2) is 18.7 Å². The number of allylic oxidation sites excluding steroid dienone is 16. The molecule has 0 saturated carbocycles. The average Bonchev–Trinajstić information content (AvgIpc) is 3.37. The maximum Gasteiger partial charge on any atom is 0.306 e. The van der Waals surface area contributed by atoms with Gasteiger partial charge in [-0.25, -0.2) is 0 Å². The molecule has 0 aromatic heterocycles. The molecule has 2 fully saturated rings. The molecule has 7 N–H and O–H groups in total. The summed E-state index contributed by atoms with van der Waals surface area (Å²) in [6.07, 6.45) is 37.2. The molecule has 15 nitrogen and oxygen atoms in total. The molecule has 0 aromatic carbocycles. The zero-order valence-electron chi connectivity index (χ0n) is 43.4. The van der Waals surface area contributed by atoms with Crippen molar-refractivity contribution in [3.05, 3.63) is 97.2 Å². The molecule has 2 rings (SSSR count). The maximum atomic E-state index is 13.0. The van der Waals surface area contributed by atoms with E-state index >= 15 is 0 Å². The van der Waals surface area contributed by atoms with Crippen LogP contribution in [0.25, 0.3) is 0 Å². The fourth-order valence-corrected chi connectivity index (χ4v) is 7.68. The van der Waals surface area contributed by atoms with Gasteiger partial charge < -0.3 is 64.2 Å². The van der Waals surface area contributed by atoms with Crippen LogP contribution in [-0.4, -0.2) is 142 Å². The number of rotatable bonds is 40. The molecule has 2 saturated heterocycles. The van der Waals surface area contributed by atoms with Crippen LogP contribution in [0.2, 0.25) is 0 Å². The zero-order valence-corrected chi connectivity index (χ0v) is 43.4. The Bertz CT molecular complexity index is 1620. The summed E-state index contributed by atoms with van der Waals surface area (Å²) in [5, 5.41) is 72.2. The molecular weight excluding hydrogens is 925 g/mol. The van der Waals surface area contributed by atoms with E-state index in [1.165, 1.54) is 25.7 Å². The first-order valence-corrected chi connectivity index (χ1v) is 26.8. The molecular formula is C57H92O15. The Hall–Kier alpha value is -3.58. The number of ether oxygens (including phenoxy) is 6. The van der Waals surface area contributed by atoms with Crippen molar-refractivity contribution in [3.8, 4) is 0 Å². The standard InChI is InChI=1S/C57H92O15/c1-3-5-7-9-11-13-15-17-19-21-22-24-26-28-30-32-34-36-38-40-49(60)70-45(42-67-48(59)39-37-35-33-31-29-27-25-23-20-18-16-14-12-10-8-6-4-2)43-68-56-55(66)53(64)51(62)47(72-56)44-69-57-54(65)52(63)50(61)46(41-58)71-57/h5,7,11-14,17-20,22,24,28,30,34,36,45-47,50-58,61-66H,3-4,6,8-10,15-16,21,23,25-27,29,31-33,35,37-44H2,1-2H3/b7-5+,13-11+,14-12+,19-17+,20-18+,24-22+,30-28+,36-34+/t45-,46+,47+,50-,51-,52?,53?,54?,55?,56+,57+/m1/s1. The van der Waals surface area contributed by atoms with Gasteiger partial charge in [0.2, 0.25) is 0 Å². The minimum absolute atomic E-state index is 0.0327. The summed E-state index contributed by atoms with van der Waals surface area (Å²) >= 11 is 0. The van der Waals surface area contributed by atoms with Crippen LogP contribution in [0.1, 0.15) is 155 Å². The lowest BCUT2D eigenvalue weighted by molar-refractivity contribution is -0.332. The van der Waals surface area contributed by atoms with E-state index in [4.69, 9.17) is 28.4 Å². The van der Waals surface area contributed by atoms with Gasteiger partial charge in [0.05, 0.1) is 19.8 Å². The molecule has 2 aliphatic rings. The van der Waals surface area contributed by atoms with Crippen LogP contribution in [0.5, 0.6) is 0 Å². The monoisotopic (exact) mass is 1020 g/mol. The molecule has 4 unspecified atom stereocenters. The molecule has 0 spiro atoms. The molecule has 0 bridgehead atoms. The molecule has 0 aliphatic carbocycles.